The zero-order valence-corrected chi connectivity index (χ0v) is 23.2. The van der Waals surface area contributed by atoms with Gasteiger partial charge in [-0.05, 0) is 11.1 Å². The predicted octanol–water partition coefficient (Wildman–Crippen LogP) is 4.52. The van der Waals surface area contributed by atoms with Crippen molar-refractivity contribution in [1.29, 1.82) is 0 Å². The standard InChI is InChI=1S/C22H34O4S6/c23-9-20(32-16-22-30-7-8-31-22)13-26-11-18-3-1-17(2-4-18)10-25-12-19(24)14-27-15-21-28-5-6-29-21/h1-4,19-24H,5-16H2. The van der Waals surface area contributed by atoms with E-state index in [1.165, 1.54) is 23.0 Å². The fourth-order valence-electron chi connectivity index (χ4n) is 3.08. The van der Waals surface area contributed by atoms with Crippen LogP contribution < -0.4 is 0 Å². The highest BCUT2D eigenvalue weighted by Crippen LogP contribution is 2.35. The van der Waals surface area contributed by atoms with Gasteiger partial charge in [0.25, 0.3) is 0 Å². The summed E-state index contributed by atoms with van der Waals surface area (Å²) in [6.07, 6.45) is -0.410. The van der Waals surface area contributed by atoms with Crippen molar-refractivity contribution in [2.24, 2.45) is 0 Å². The van der Waals surface area contributed by atoms with E-state index >= 15 is 0 Å². The highest BCUT2D eigenvalue weighted by molar-refractivity contribution is 8.21. The van der Waals surface area contributed by atoms with Crippen LogP contribution in [-0.2, 0) is 22.7 Å². The van der Waals surface area contributed by atoms with Gasteiger partial charge >= 0.3 is 0 Å². The lowest BCUT2D eigenvalue weighted by atomic mass is 10.1. The number of ether oxygens (including phenoxy) is 2. The average Bonchev–Trinajstić information content (AvgIpc) is 3.51. The van der Waals surface area contributed by atoms with Gasteiger partial charge in [-0.1, -0.05) is 24.3 Å². The Morgan fingerprint density at radius 1 is 0.844 bits per heavy atom. The molecule has 0 aromatic heterocycles. The van der Waals surface area contributed by atoms with E-state index in [1.54, 1.807) is 0 Å². The molecular weight excluding hydrogens is 521 g/mol. The normalized spacial score (nSPS) is 19.6. The molecule has 0 amide bonds. The van der Waals surface area contributed by atoms with Gasteiger partial charge in [-0.25, -0.2) is 0 Å². The SMILES string of the molecule is OCC(COCc1ccc(COCC(O)CSCC2SCCS2)cc1)SCC1SCCS1. The van der Waals surface area contributed by atoms with Gasteiger partial charge in [-0.2, -0.15) is 23.5 Å². The molecule has 0 spiro atoms. The zero-order valence-electron chi connectivity index (χ0n) is 18.3. The van der Waals surface area contributed by atoms with E-state index in [-0.39, 0.29) is 11.9 Å². The molecule has 2 aliphatic rings. The molecule has 2 N–H and O–H groups in total. The number of hydrogen-bond donors (Lipinski definition) is 2. The van der Waals surface area contributed by atoms with Crippen molar-refractivity contribution in [3.8, 4) is 0 Å². The second kappa shape index (κ2) is 16.8. The quantitative estimate of drug-likeness (QED) is 0.305. The van der Waals surface area contributed by atoms with Gasteiger partial charge in [0, 0.05) is 40.3 Å². The van der Waals surface area contributed by atoms with E-state index in [9.17, 15) is 10.2 Å². The van der Waals surface area contributed by atoms with E-state index in [4.69, 9.17) is 9.47 Å². The first-order valence-corrected chi connectivity index (χ1v) is 17.3. The van der Waals surface area contributed by atoms with Gasteiger partial charge in [0.15, 0.2) is 0 Å². The van der Waals surface area contributed by atoms with E-state index in [2.05, 4.69) is 24.3 Å². The summed E-state index contributed by atoms with van der Waals surface area (Å²) in [5.74, 6) is 7.92. The van der Waals surface area contributed by atoms with Crippen molar-refractivity contribution in [1.82, 2.24) is 0 Å². The van der Waals surface area contributed by atoms with Crippen LogP contribution in [0, 0.1) is 0 Å². The number of aliphatic hydroxyl groups excluding tert-OH is 2. The summed E-state index contributed by atoms with van der Waals surface area (Å²) >= 11 is 11.8. The van der Waals surface area contributed by atoms with Crippen LogP contribution in [0.2, 0.25) is 0 Å². The first-order chi connectivity index (χ1) is 15.7. The Morgan fingerprint density at radius 2 is 1.38 bits per heavy atom. The number of benzene rings is 1. The van der Waals surface area contributed by atoms with Crippen LogP contribution in [0.15, 0.2) is 24.3 Å². The van der Waals surface area contributed by atoms with Crippen LogP contribution in [0.25, 0.3) is 0 Å². The third-order valence-corrected chi connectivity index (χ3v) is 14.2. The Bertz CT molecular complexity index is 611. The summed E-state index contributed by atoms with van der Waals surface area (Å²) < 4.78 is 12.9. The van der Waals surface area contributed by atoms with Gasteiger partial charge in [0.2, 0.25) is 0 Å². The molecular formula is C22H34O4S6. The molecule has 2 atom stereocenters. The molecule has 182 valence electrons. The minimum Gasteiger partial charge on any atom is -0.395 e. The molecule has 2 fully saturated rings. The largest absolute Gasteiger partial charge is 0.395 e. The monoisotopic (exact) mass is 554 g/mol. The van der Waals surface area contributed by atoms with E-state index in [0.717, 1.165) is 28.4 Å². The fraction of sp³-hybridized carbons (Fsp3) is 0.727. The highest BCUT2D eigenvalue weighted by atomic mass is 32.2. The lowest BCUT2D eigenvalue weighted by Gasteiger charge is -2.16. The smallest absolute Gasteiger partial charge is 0.0863 e. The zero-order chi connectivity index (χ0) is 22.4. The molecule has 32 heavy (non-hydrogen) atoms. The molecule has 2 aliphatic heterocycles. The van der Waals surface area contributed by atoms with E-state index in [1.807, 2.05) is 70.6 Å². The van der Waals surface area contributed by atoms with E-state index in [0.29, 0.717) is 35.6 Å². The third kappa shape index (κ3) is 11.3. The van der Waals surface area contributed by atoms with Crippen LogP contribution in [0.3, 0.4) is 0 Å². The lowest BCUT2D eigenvalue weighted by Crippen LogP contribution is -2.19. The molecule has 1 aromatic rings. The highest BCUT2D eigenvalue weighted by Gasteiger charge is 2.19. The first kappa shape index (κ1) is 27.7. The first-order valence-electron chi connectivity index (χ1n) is 10.9. The van der Waals surface area contributed by atoms with Crippen molar-refractivity contribution in [3.05, 3.63) is 35.4 Å². The molecule has 0 saturated carbocycles. The Hall–Kier alpha value is 1.16. The van der Waals surface area contributed by atoms with E-state index < -0.39 is 6.10 Å². The van der Waals surface area contributed by atoms with Gasteiger partial charge in [0.05, 0.1) is 53.6 Å². The van der Waals surface area contributed by atoms with Gasteiger partial charge in [-0.3, -0.25) is 0 Å². The average molecular weight is 555 g/mol. The summed E-state index contributed by atoms with van der Waals surface area (Å²) in [5, 5.41) is 19.9. The minimum atomic E-state index is -0.410. The van der Waals surface area contributed by atoms with Crippen LogP contribution in [-0.4, -0.2) is 90.8 Å². The molecule has 4 nitrogen and oxygen atoms in total. The summed E-state index contributed by atoms with van der Waals surface area (Å²) in [5.41, 5.74) is 2.22. The van der Waals surface area contributed by atoms with Crippen molar-refractivity contribution in [3.63, 3.8) is 0 Å². The molecule has 2 unspecified atom stereocenters. The second-order valence-electron chi connectivity index (χ2n) is 7.52. The molecule has 2 heterocycles. The van der Waals surface area contributed by atoms with Crippen LogP contribution >= 0.6 is 70.6 Å². The summed E-state index contributed by atoms with van der Waals surface area (Å²) in [7, 11) is 0. The molecule has 3 rings (SSSR count). The Kier molecular flexibility index (Phi) is 14.5. The van der Waals surface area contributed by atoms with Gasteiger partial charge < -0.3 is 19.7 Å². The molecule has 0 radical (unpaired) electrons. The maximum absolute atomic E-state index is 10.1. The van der Waals surface area contributed by atoms with Crippen LogP contribution in [0.1, 0.15) is 11.1 Å². The number of thioether (sulfide) groups is 6. The molecule has 2 saturated heterocycles. The Labute approximate surface area is 218 Å². The second-order valence-corrected chi connectivity index (χ2v) is 15.8. The predicted molar refractivity (Wildman–Crippen MR) is 150 cm³/mol. The summed E-state index contributed by atoms with van der Waals surface area (Å²) in [6.45, 7) is 2.17. The minimum absolute atomic E-state index is 0.143. The molecule has 0 bridgehead atoms. The van der Waals surface area contributed by atoms with Crippen molar-refractivity contribution < 1.29 is 19.7 Å². The molecule has 10 heteroatoms. The Balaban J connectivity index is 1.23. The molecule has 1 aromatic carbocycles. The van der Waals surface area contributed by atoms with Crippen molar-refractivity contribution in [2.45, 2.75) is 33.7 Å². The van der Waals surface area contributed by atoms with Crippen molar-refractivity contribution >= 4 is 70.6 Å². The topological polar surface area (TPSA) is 58.9 Å². The number of rotatable bonds is 16. The number of hydrogen-bond acceptors (Lipinski definition) is 10. The Morgan fingerprint density at radius 3 is 1.94 bits per heavy atom. The summed E-state index contributed by atoms with van der Waals surface area (Å²) in [4.78, 5) is 0. The van der Waals surface area contributed by atoms with Crippen LogP contribution in [0.4, 0.5) is 0 Å². The summed E-state index contributed by atoms with van der Waals surface area (Å²) in [6, 6.07) is 8.24. The van der Waals surface area contributed by atoms with Crippen LogP contribution in [0.5, 0.6) is 0 Å². The maximum atomic E-state index is 10.1. The van der Waals surface area contributed by atoms with Crippen molar-refractivity contribution in [2.75, 3.05) is 60.1 Å². The van der Waals surface area contributed by atoms with Gasteiger partial charge in [-0.15, -0.1) is 47.0 Å². The maximum Gasteiger partial charge on any atom is 0.0863 e. The van der Waals surface area contributed by atoms with Gasteiger partial charge in [0.1, 0.15) is 0 Å². The fourth-order valence-corrected chi connectivity index (χ4v) is 11.6. The lowest BCUT2D eigenvalue weighted by molar-refractivity contribution is 0.0398. The number of aliphatic hydroxyl groups is 2. The molecule has 0 aliphatic carbocycles. The third-order valence-electron chi connectivity index (χ3n) is 4.79.